The van der Waals surface area contributed by atoms with Crippen LogP contribution in [0.15, 0.2) is 24.3 Å². The van der Waals surface area contributed by atoms with Gasteiger partial charge in [0.25, 0.3) is 5.91 Å². The van der Waals surface area contributed by atoms with Crippen LogP contribution in [-0.4, -0.2) is 36.9 Å². The number of carbonyl (C=O) groups is 1. The molecule has 1 saturated carbocycles. The Kier molecular flexibility index (Phi) is 5.16. The van der Waals surface area contributed by atoms with Crippen LogP contribution in [0.3, 0.4) is 0 Å². The van der Waals surface area contributed by atoms with Crippen LogP contribution in [0.2, 0.25) is 0 Å². The minimum Gasteiger partial charge on any atom is -0.384 e. The van der Waals surface area contributed by atoms with Gasteiger partial charge in [0.2, 0.25) is 0 Å². The molecule has 4 heteroatoms. The molecule has 1 aliphatic carbocycles. The van der Waals surface area contributed by atoms with E-state index in [1.165, 1.54) is 0 Å². The Labute approximate surface area is 119 Å². The first kappa shape index (κ1) is 14.6. The fourth-order valence-electron chi connectivity index (χ4n) is 2.47. The zero-order valence-electron chi connectivity index (χ0n) is 11.6. The van der Waals surface area contributed by atoms with Crippen molar-refractivity contribution >= 4 is 5.91 Å². The summed E-state index contributed by atoms with van der Waals surface area (Å²) in [6, 6.07) is 7.33. The van der Waals surface area contributed by atoms with Crippen LogP contribution in [0.25, 0.3) is 0 Å². The van der Waals surface area contributed by atoms with Crippen LogP contribution in [0.5, 0.6) is 0 Å². The Morgan fingerprint density at radius 3 is 2.95 bits per heavy atom. The van der Waals surface area contributed by atoms with Crippen molar-refractivity contribution in [3.63, 3.8) is 0 Å². The number of nitrogens with one attached hydrogen (secondary N) is 1. The Hall–Kier alpha value is -1.83. The summed E-state index contributed by atoms with van der Waals surface area (Å²) in [7, 11) is 1.70. The fourth-order valence-corrected chi connectivity index (χ4v) is 2.47. The van der Waals surface area contributed by atoms with Gasteiger partial charge in [0.1, 0.15) is 6.61 Å². The molecule has 2 rings (SSSR count). The third-order valence-electron chi connectivity index (χ3n) is 3.53. The first-order chi connectivity index (χ1) is 9.74. The van der Waals surface area contributed by atoms with Gasteiger partial charge >= 0.3 is 0 Å². The predicted octanol–water partition coefficient (Wildman–Crippen LogP) is 1.33. The second-order valence-electron chi connectivity index (χ2n) is 4.85. The van der Waals surface area contributed by atoms with Crippen molar-refractivity contribution in [3.05, 3.63) is 35.4 Å². The number of benzene rings is 1. The highest BCUT2D eigenvalue weighted by Gasteiger charge is 2.26. The molecule has 0 bridgehead atoms. The minimum atomic E-state index is -0.214. The van der Waals surface area contributed by atoms with E-state index in [-0.39, 0.29) is 24.7 Å². The standard InChI is InChI=1S/C16H19NO3/c1-20-14-9-8-13(11-14)17-16(19)15-7-3-2-5-12(15)6-4-10-18/h2-3,5,7,13-14,18H,8-11H2,1H3,(H,17,19). The molecule has 20 heavy (non-hydrogen) atoms. The van der Waals surface area contributed by atoms with Gasteiger partial charge in [-0.1, -0.05) is 24.0 Å². The number of ether oxygens (including phenoxy) is 1. The van der Waals surface area contributed by atoms with E-state index in [0.29, 0.717) is 11.1 Å². The van der Waals surface area contributed by atoms with E-state index in [4.69, 9.17) is 9.84 Å². The fraction of sp³-hybridized carbons (Fsp3) is 0.438. The molecular formula is C16H19NO3. The van der Waals surface area contributed by atoms with Gasteiger partial charge in [0.05, 0.1) is 11.7 Å². The van der Waals surface area contributed by atoms with Crippen molar-refractivity contribution in [2.75, 3.05) is 13.7 Å². The van der Waals surface area contributed by atoms with E-state index in [1.807, 2.05) is 12.1 Å². The molecular weight excluding hydrogens is 254 g/mol. The van der Waals surface area contributed by atoms with Crippen LogP contribution in [0.1, 0.15) is 35.2 Å². The van der Waals surface area contributed by atoms with Gasteiger partial charge < -0.3 is 15.2 Å². The maximum absolute atomic E-state index is 12.3. The SMILES string of the molecule is COC1CCC(NC(=O)c2ccccc2C#CCO)C1. The van der Waals surface area contributed by atoms with Crippen molar-refractivity contribution < 1.29 is 14.6 Å². The number of rotatable bonds is 3. The number of aliphatic hydroxyl groups is 1. The van der Waals surface area contributed by atoms with E-state index < -0.39 is 0 Å². The molecule has 2 N–H and O–H groups in total. The van der Waals surface area contributed by atoms with Crippen molar-refractivity contribution in [1.82, 2.24) is 5.32 Å². The van der Waals surface area contributed by atoms with E-state index in [2.05, 4.69) is 17.2 Å². The molecule has 1 aromatic rings. The van der Waals surface area contributed by atoms with Crippen LogP contribution in [-0.2, 0) is 4.74 Å². The van der Waals surface area contributed by atoms with Gasteiger partial charge in [-0.2, -0.15) is 0 Å². The lowest BCUT2D eigenvalue weighted by molar-refractivity contribution is 0.0915. The number of aliphatic hydroxyl groups excluding tert-OH is 1. The minimum absolute atomic E-state index is 0.116. The zero-order valence-corrected chi connectivity index (χ0v) is 11.6. The number of methoxy groups -OCH3 is 1. The second-order valence-corrected chi connectivity index (χ2v) is 4.85. The molecule has 1 amide bonds. The highest BCUT2D eigenvalue weighted by molar-refractivity contribution is 5.96. The predicted molar refractivity (Wildman–Crippen MR) is 76.3 cm³/mol. The third-order valence-corrected chi connectivity index (χ3v) is 3.53. The van der Waals surface area contributed by atoms with Crippen molar-refractivity contribution in [1.29, 1.82) is 0 Å². The molecule has 0 radical (unpaired) electrons. The van der Waals surface area contributed by atoms with Gasteiger partial charge in [0.15, 0.2) is 0 Å². The second kappa shape index (κ2) is 7.09. The summed E-state index contributed by atoms with van der Waals surface area (Å²) in [6.45, 7) is -0.214. The summed E-state index contributed by atoms with van der Waals surface area (Å²) < 4.78 is 5.30. The van der Waals surface area contributed by atoms with Gasteiger partial charge in [-0.3, -0.25) is 4.79 Å². The largest absolute Gasteiger partial charge is 0.384 e. The number of amides is 1. The molecule has 0 heterocycles. The normalized spacial score (nSPS) is 21.1. The third kappa shape index (κ3) is 3.60. The summed E-state index contributed by atoms with van der Waals surface area (Å²) in [5.74, 6) is 5.26. The topological polar surface area (TPSA) is 58.6 Å². The summed E-state index contributed by atoms with van der Waals surface area (Å²) >= 11 is 0. The Morgan fingerprint density at radius 1 is 1.45 bits per heavy atom. The smallest absolute Gasteiger partial charge is 0.252 e. The van der Waals surface area contributed by atoms with E-state index in [9.17, 15) is 4.79 Å². The first-order valence-electron chi connectivity index (χ1n) is 6.77. The summed E-state index contributed by atoms with van der Waals surface area (Å²) in [5.41, 5.74) is 1.19. The van der Waals surface area contributed by atoms with Gasteiger partial charge in [-0.25, -0.2) is 0 Å². The number of carbonyl (C=O) groups excluding carboxylic acids is 1. The molecule has 0 saturated heterocycles. The molecule has 0 spiro atoms. The van der Waals surface area contributed by atoms with Crippen LogP contribution in [0.4, 0.5) is 0 Å². The quantitative estimate of drug-likeness (QED) is 0.817. The molecule has 1 aliphatic rings. The van der Waals surface area contributed by atoms with Gasteiger partial charge in [0, 0.05) is 18.7 Å². The van der Waals surface area contributed by atoms with Gasteiger partial charge in [-0.15, -0.1) is 0 Å². The van der Waals surface area contributed by atoms with Crippen molar-refractivity contribution in [2.24, 2.45) is 0 Å². The first-order valence-corrected chi connectivity index (χ1v) is 6.77. The van der Waals surface area contributed by atoms with Crippen LogP contribution >= 0.6 is 0 Å². The van der Waals surface area contributed by atoms with E-state index >= 15 is 0 Å². The molecule has 2 unspecified atom stereocenters. The maximum Gasteiger partial charge on any atom is 0.252 e. The zero-order chi connectivity index (χ0) is 14.4. The lowest BCUT2D eigenvalue weighted by Gasteiger charge is -2.13. The number of hydrogen-bond donors (Lipinski definition) is 2. The number of hydrogen-bond acceptors (Lipinski definition) is 3. The average molecular weight is 273 g/mol. The Bertz CT molecular complexity index is 530. The maximum atomic E-state index is 12.3. The monoisotopic (exact) mass is 273 g/mol. The van der Waals surface area contributed by atoms with Gasteiger partial charge in [-0.05, 0) is 31.4 Å². The van der Waals surface area contributed by atoms with E-state index in [1.54, 1.807) is 19.2 Å². The Balaban J connectivity index is 2.06. The summed E-state index contributed by atoms with van der Waals surface area (Å²) in [5, 5.41) is 11.8. The molecule has 4 nitrogen and oxygen atoms in total. The lowest BCUT2D eigenvalue weighted by atomic mass is 10.1. The molecule has 1 fully saturated rings. The Morgan fingerprint density at radius 2 is 2.25 bits per heavy atom. The average Bonchev–Trinajstić information content (AvgIpc) is 2.93. The molecule has 1 aromatic carbocycles. The lowest BCUT2D eigenvalue weighted by Crippen LogP contribution is -2.33. The molecule has 106 valence electrons. The molecule has 0 aromatic heterocycles. The van der Waals surface area contributed by atoms with Crippen molar-refractivity contribution in [2.45, 2.75) is 31.4 Å². The highest BCUT2D eigenvalue weighted by atomic mass is 16.5. The summed E-state index contributed by atoms with van der Waals surface area (Å²) in [4.78, 5) is 12.3. The highest BCUT2D eigenvalue weighted by Crippen LogP contribution is 2.22. The molecule has 0 aliphatic heterocycles. The van der Waals surface area contributed by atoms with E-state index in [0.717, 1.165) is 19.3 Å². The summed E-state index contributed by atoms with van der Waals surface area (Å²) in [6.07, 6.45) is 3.01. The van der Waals surface area contributed by atoms with Crippen LogP contribution in [0, 0.1) is 11.8 Å². The van der Waals surface area contributed by atoms with Crippen LogP contribution < -0.4 is 5.32 Å². The van der Waals surface area contributed by atoms with Crippen molar-refractivity contribution in [3.8, 4) is 11.8 Å². The molecule has 2 atom stereocenters.